The van der Waals surface area contributed by atoms with Crippen molar-refractivity contribution in [2.45, 2.75) is 32.2 Å². The molecule has 8 aromatic rings. The molecule has 1 aliphatic heterocycles. The minimum atomic E-state index is -2.26. The molecule has 0 bridgehead atoms. The van der Waals surface area contributed by atoms with Gasteiger partial charge in [-0.1, -0.05) is 103 Å². The third-order valence-corrected chi connectivity index (χ3v) is 10.5. The summed E-state index contributed by atoms with van der Waals surface area (Å²) < 4.78 is 26.6. The number of pyridine rings is 1. The monoisotopic (exact) mass is 663 g/mol. The van der Waals surface area contributed by atoms with Crippen molar-refractivity contribution in [1.29, 1.82) is 0 Å². The van der Waals surface area contributed by atoms with Crippen molar-refractivity contribution >= 4 is 38.9 Å². The van der Waals surface area contributed by atoms with Crippen molar-refractivity contribution in [3.8, 4) is 16.9 Å². The predicted molar refractivity (Wildman–Crippen MR) is 208 cm³/mol. The van der Waals surface area contributed by atoms with Gasteiger partial charge in [0.05, 0.1) is 39.6 Å². The molecule has 0 saturated carbocycles. The van der Waals surface area contributed by atoms with Crippen LogP contribution in [0.15, 0.2) is 158 Å². The number of hydrogen-bond acceptors (Lipinski definition) is 4. The van der Waals surface area contributed by atoms with Gasteiger partial charge in [-0.3, -0.25) is 4.57 Å². The number of fused-ring (bicyclic) bond motifs is 7. The first-order chi connectivity index (χ1) is 26.2. The summed E-state index contributed by atoms with van der Waals surface area (Å²) in [5.74, 6) is 0.565. The van der Waals surface area contributed by atoms with Gasteiger partial charge in [0.2, 0.25) is 0 Å². The molecule has 0 spiro atoms. The lowest BCUT2D eigenvalue weighted by molar-refractivity contribution is 0.112. The molecule has 0 fully saturated rings. The summed E-state index contributed by atoms with van der Waals surface area (Å²) in [4.78, 5) is 11.3. The Balaban J connectivity index is 1.26. The van der Waals surface area contributed by atoms with Crippen LogP contribution in [0, 0.1) is 6.85 Å². The average molecular weight is 664 g/mol. The van der Waals surface area contributed by atoms with E-state index in [0.29, 0.717) is 5.82 Å². The zero-order chi connectivity index (χ0) is 36.8. The number of para-hydroxylation sites is 3. The standard InChI is InChI=1S/C46H36N4O/c1-30(2)49-42-21-10-11-22-43(42)50(51-49)34-14-12-13-32(28-34)46(39-18-7-4-15-35(39)36-16-5-8-19-40(36)46)33-23-24-38-37-17-6-9-20-41(37)48(44(38)29-33)45-27-31(3)25-26-47-45/h4-30H,1-3H3/i3D3. The summed E-state index contributed by atoms with van der Waals surface area (Å²) in [5, 5.41) is 6.03. The van der Waals surface area contributed by atoms with Crippen molar-refractivity contribution in [3.63, 3.8) is 0 Å². The van der Waals surface area contributed by atoms with Gasteiger partial charge in [0, 0.05) is 21.1 Å². The fraction of sp³-hybridized carbons (Fsp3) is 0.109. The van der Waals surface area contributed by atoms with E-state index >= 15 is 0 Å². The summed E-state index contributed by atoms with van der Waals surface area (Å²) in [6, 6.07) is 52.9. The Kier molecular flexibility index (Phi) is 5.84. The van der Waals surface area contributed by atoms with Crippen LogP contribution in [0.2, 0.25) is 0 Å². The first kappa shape index (κ1) is 26.7. The van der Waals surface area contributed by atoms with Gasteiger partial charge in [0.15, 0.2) is 0 Å². The molecule has 2 aromatic heterocycles. The van der Waals surface area contributed by atoms with Crippen LogP contribution in [0.5, 0.6) is 0 Å². The molecule has 0 N–H and O–H groups in total. The molecule has 0 saturated heterocycles. The molecule has 10 rings (SSSR count). The summed E-state index contributed by atoms with van der Waals surface area (Å²) in [6.45, 7) is 1.99. The van der Waals surface area contributed by atoms with Crippen LogP contribution in [0.1, 0.15) is 45.8 Å². The number of aromatic nitrogens is 2. The Labute approximate surface area is 301 Å². The number of aryl methyl sites for hydroxylation is 1. The summed E-state index contributed by atoms with van der Waals surface area (Å²) in [6.07, 6.45) is 1.59. The molecule has 3 heterocycles. The maximum Gasteiger partial charge on any atom is 0.137 e. The number of hydroxylamine groups is 1. The highest BCUT2D eigenvalue weighted by Gasteiger charge is 2.46. The lowest BCUT2D eigenvalue weighted by atomic mass is 9.67. The van der Waals surface area contributed by atoms with Crippen molar-refractivity contribution in [3.05, 3.63) is 186 Å². The summed E-state index contributed by atoms with van der Waals surface area (Å²) in [5.41, 5.74) is 11.4. The number of hydrogen-bond donors (Lipinski definition) is 0. The fourth-order valence-corrected chi connectivity index (χ4v) is 8.44. The van der Waals surface area contributed by atoms with Crippen molar-refractivity contribution in [2.24, 2.45) is 0 Å². The van der Waals surface area contributed by atoms with Crippen molar-refractivity contribution in [2.75, 3.05) is 10.1 Å². The van der Waals surface area contributed by atoms with E-state index in [4.69, 9.17) is 14.0 Å². The van der Waals surface area contributed by atoms with Gasteiger partial charge >= 0.3 is 0 Å². The Morgan fingerprint density at radius 2 is 1.31 bits per heavy atom. The second-order valence-corrected chi connectivity index (χ2v) is 13.7. The quantitative estimate of drug-likeness (QED) is 0.183. The van der Waals surface area contributed by atoms with Crippen LogP contribution in [0.4, 0.5) is 17.1 Å². The lowest BCUT2D eigenvalue weighted by Gasteiger charge is -2.34. The molecule has 0 unspecified atom stereocenters. The highest BCUT2D eigenvalue weighted by molar-refractivity contribution is 6.09. The van der Waals surface area contributed by atoms with Gasteiger partial charge in [-0.25, -0.2) is 10.0 Å². The second-order valence-electron chi connectivity index (χ2n) is 13.7. The van der Waals surface area contributed by atoms with E-state index in [-0.39, 0.29) is 11.6 Å². The summed E-state index contributed by atoms with van der Waals surface area (Å²) >= 11 is 0. The lowest BCUT2D eigenvalue weighted by Crippen LogP contribution is -2.31. The molecule has 0 amide bonds. The Bertz CT molecular complexity index is 2720. The van der Waals surface area contributed by atoms with Crippen molar-refractivity contribution < 1.29 is 9.05 Å². The van der Waals surface area contributed by atoms with Crippen LogP contribution in [0.25, 0.3) is 38.8 Å². The van der Waals surface area contributed by atoms with Crippen LogP contribution < -0.4 is 10.1 Å². The number of nitrogens with zero attached hydrogens (tertiary/aromatic N) is 4. The average Bonchev–Trinajstić information content (AvgIpc) is 3.85. The van der Waals surface area contributed by atoms with E-state index in [1.54, 1.807) is 18.3 Å². The smallest absolute Gasteiger partial charge is 0.137 e. The normalized spacial score (nSPS) is 15.5. The highest BCUT2D eigenvalue weighted by atomic mass is 16.8. The topological polar surface area (TPSA) is 33.5 Å². The summed E-state index contributed by atoms with van der Waals surface area (Å²) in [7, 11) is 0. The third kappa shape index (κ3) is 4.22. The van der Waals surface area contributed by atoms with Gasteiger partial charge < -0.3 is 0 Å². The van der Waals surface area contributed by atoms with E-state index in [0.717, 1.165) is 50.0 Å². The van der Waals surface area contributed by atoms with Crippen LogP contribution in [-0.4, -0.2) is 15.6 Å². The molecule has 5 heteroatoms. The van der Waals surface area contributed by atoms with Crippen LogP contribution in [-0.2, 0) is 10.4 Å². The first-order valence-electron chi connectivity index (χ1n) is 18.9. The van der Waals surface area contributed by atoms with E-state index in [2.05, 4.69) is 134 Å². The van der Waals surface area contributed by atoms with Gasteiger partial charge in [-0.15, -0.1) is 4.94 Å². The molecular formula is C46H36N4O. The minimum Gasteiger partial charge on any atom is -0.294 e. The van der Waals surface area contributed by atoms with E-state index in [1.807, 2.05) is 34.4 Å². The zero-order valence-electron chi connectivity index (χ0n) is 31.3. The maximum absolute atomic E-state index is 8.16. The SMILES string of the molecule is [2H]C([2H])([2H])c1ccnc(-n2c3ccccc3c3ccc(C4(c5cccc(N6ON(C(C)C)c7ccccc76)c5)c5ccccc5-c5ccccc54)cc32)c1. The third-order valence-electron chi connectivity index (χ3n) is 10.5. The Morgan fingerprint density at radius 3 is 2.10 bits per heavy atom. The molecule has 5 nitrogen and oxygen atoms in total. The Morgan fingerprint density at radius 1 is 0.627 bits per heavy atom. The van der Waals surface area contributed by atoms with Gasteiger partial charge in [0.1, 0.15) is 5.82 Å². The molecule has 0 radical (unpaired) electrons. The molecular weight excluding hydrogens is 625 g/mol. The molecule has 0 atom stereocenters. The van der Waals surface area contributed by atoms with Crippen molar-refractivity contribution in [1.82, 2.24) is 9.55 Å². The molecule has 6 aromatic carbocycles. The maximum atomic E-state index is 8.16. The minimum absolute atomic E-state index is 0.132. The van der Waals surface area contributed by atoms with E-state index in [9.17, 15) is 0 Å². The molecule has 246 valence electrons. The molecule has 1 aliphatic carbocycles. The first-order valence-corrected chi connectivity index (χ1v) is 17.4. The zero-order valence-corrected chi connectivity index (χ0v) is 28.3. The van der Waals surface area contributed by atoms with E-state index < -0.39 is 12.3 Å². The largest absolute Gasteiger partial charge is 0.294 e. The fourth-order valence-electron chi connectivity index (χ4n) is 8.44. The van der Waals surface area contributed by atoms with Gasteiger partial charge in [-0.05, 0) is 108 Å². The molecule has 2 aliphatic rings. The number of rotatable bonds is 5. The highest BCUT2D eigenvalue weighted by Crippen LogP contribution is 2.57. The predicted octanol–water partition coefficient (Wildman–Crippen LogP) is 11.1. The van der Waals surface area contributed by atoms with Gasteiger partial charge in [-0.2, -0.15) is 5.06 Å². The molecule has 51 heavy (non-hydrogen) atoms. The number of anilines is 3. The number of benzene rings is 6. The van der Waals surface area contributed by atoms with Crippen LogP contribution >= 0.6 is 0 Å². The second kappa shape index (κ2) is 11.2. The Hall–Kier alpha value is -6.17. The van der Waals surface area contributed by atoms with Crippen LogP contribution in [0.3, 0.4) is 0 Å². The van der Waals surface area contributed by atoms with Gasteiger partial charge in [0.25, 0.3) is 0 Å². The van der Waals surface area contributed by atoms with E-state index in [1.165, 1.54) is 22.3 Å².